The van der Waals surface area contributed by atoms with Crippen molar-refractivity contribution in [2.75, 3.05) is 0 Å². The lowest BCUT2D eigenvalue weighted by Gasteiger charge is -2.17. The molecule has 0 aliphatic heterocycles. The molecule has 5 heteroatoms. The Morgan fingerprint density at radius 1 is 1.18 bits per heavy atom. The predicted octanol–water partition coefficient (Wildman–Crippen LogP) is 2.21. The molecule has 116 valence electrons. The lowest BCUT2D eigenvalue weighted by atomic mass is 9.99. The Morgan fingerprint density at radius 3 is 2.59 bits per heavy atom. The van der Waals surface area contributed by atoms with Gasteiger partial charge in [0.25, 0.3) is 0 Å². The fourth-order valence-electron chi connectivity index (χ4n) is 2.43. The normalized spacial score (nSPS) is 13.5. The standard InChI is InChI=1S/C17H20N2O3/c1-11(19-16(20)10-9-15(18)17(21)22)13-8-4-6-12-5-2-3-7-14(12)13/h2-8,11,15H,9-10,18H2,1H3,(H,19,20)(H,21,22)/t11-,15+/m1/s1. The molecule has 4 N–H and O–H groups in total. The van der Waals surface area contributed by atoms with Gasteiger partial charge in [0.05, 0.1) is 6.04 Å². The molecule has 1 amide bonds. The number of carbonyl (C=O) groups excluding carboxylic acids is 1. The number of carboxylic acids is 1. The first-order valence-electron chi connectivity index (χ1n) is 7.24. The van der Waals surface area contributed by atoms with Crippen LogP contribution in [0.5, 0.6) is 0 Å². The van der Waals surface area contributed by atoms with Gasteiger partial charge in [0, 0.05) is 6.42 Å². The van der Waals surface area contributed by atoms with Gasteiger partial charge in [-0.05, 0) is 29.7 Å². The molecule has 0 radical (unpaired) electrons. The molecule has 0 aliphatic carbocycles. The van der Waals surface area contributed by atoms with Crippen LogP contribution >= 0.6 is 0 Å². The molecule has 2 aromatic rings. The van der Waals surface area contributed by atoms with Crippen LogP contribution in [0.1, 0.15) is 31.4 Å². The van der Waals surface area contributed by atoms with Crippen molar-refractivity contribution in [3.8, 4) is 0 Å². The summed E-state index contributed by atoms with van der Waals surface area (Å²) >= 11 is 0. The number of hydrogen-bond donors (Lipinski definition) is 3. The fraction of sp³-hybridized carbons (Fsp3) is 0.294. The van der Waals surface area contributed by atoms with Crippen LogP contribution in [-0.2, 0) is 9.59 Å². The van der Waals surface area contributed by atoms with Crippen LogP contribution in [0.3, 0.4) is 0 Å². The van der Waals surface area contributed by atoms with Crippen molar-refractivity contribution in [1.29, 1.82) is 0 Å². The summed E-state index contributed by atoms with van der Waals surface area (Å²) in [7, 11) is 0. The first-order valence-corrected chi connectivity index (χ1v) is 7.24. The van der Waals surface area contributed by atoms with E-state index in [0.717, 1.165) is 16.3 Å². The summed E-state index contributed by atoms with van der Waals surface area (Å²) in [6.45, 7) is 1.91. The van der Waals surface area contributed by atoms with E-state index in [2.05, 4.69) is 5.32 Å². The minimum atomic E-state index is -1.09. The van der Waals surface area contributed by atoms with E-state index in [0.29, 0.717) is 0 Å². The molecule has 2 atom stereocenters. The summed E-state index contributed by atoms with van der Waals surface area (Å²) in [5.74, 6) is -1.29. The van der Waals surface area contributed by atoms with E-state index in [9.17, 15) is 9.59 Å². The van der Waals surface area contributed by atoms with E-state index < -0.39 is 12.0 Å². The van der Waals surface area contributed by atoms with Crippen molar-refractivity contribution in [1.82, 2.24) is 5.32 Å². The first-order chi connectivity index (χ1) is 10.5. The number of carbonyl (C=O) groups is 2. The monoisotopic (exact) mass is 300 g/mol. The van der Waals surface area contributed by atoms with Gasteiger partial charge in [0.15, 0.2) is 0 Å². The number of rotatable bonds is 6. The molecule has 0 unspecified atom stereocenters. The van der Waals surface area contributed by atoms with Gasteiger partial charge in [-0.1, -0.05) is 42.5 Å². The number of carboxylic acid groups (broad SMARTS) is 1. The lowest BCUT2D eigenvalue weighted by molar-refractivity contribution is -0.138. The molecule has 0 spiro atoms. The van der Waals surface area contributed by atoms with Crippen LogP contribution in [0.4, 0.5) is 0 Å². The molecule has 0 fully saturated rings. The summed E-state index contributed by atoms with van der Waals surface area (Å²) in [6.07, 6.45) is 0.228. The van der Waals surface area contributed by atoms with E-state index in [1.165, 1.54) is 0 Å². The number of benzene rings is 2. The molecule has 22 heavy (non-hydrogen) atoms. The fourth-order valence-corrected chi connectivity index (χ4v) is 2.43. The molecule has 0 heterocycles. The van der Waals surface area contributed by atoms with Gasteiger partial charge >= 0.3 is 5.97 Å². The Labute approximate surface area is 129 Å². The predicted molar refractivity (Wildman–Crippen MR) is 85.4 cm³/mol. The van der Waals surface area contributed by atoms with Gasteiger partial charge in [-0.2, -0.15) is 0 Å². The average molecular weight is 300 g/mol. The maximum atomic E-state index is 11.9. The zero-order valence-corrected chi connectivity index (χ0v) is 12.5. The summed E-state index contributed by atoms with van der Waals surface area (Å²) < 4.78 is 0. The largest absolute Gasteiger partial charge is 0.480 e. The molecule has 0 saturated heterocycles. The van der Waals surface area contributed by atoms with E-state index in [1.54, 1.807) is 0 Å². The molecule has 0 bridgehead atoms. The number of fused-ring (bicyclic) bond motifs is 1. The van der Waals surface area contributed by atoms with Crippen LogP contribution < -0.4 is 11.1 Å². The quantitative estimate of drug-likeness (QED) is 0.762. The highest BCUT2D eigenvalue weighted by Gasteiger charge is 2.16. The number of aliphatic carboxylic acids is 1. The van der Waals surface area contributed by atoms with Crippen molar-refractivity contribution in [3.63, 3.8) is 0 Å². The molecular formula is C17H20N2O3. The van der Waals surface area contributed by atoms with Crippen LogP contribution in [0.25, 0.3) is 10.8 Å². The van der Waals surface area contributed by atoms with E-state index >= 15 is 0 Å². The molecule has 0 saturated carbocycles. The van der Waals surface area contributed by atoms with Gasteiger partial charge in [-0.25, -0.2) is 0 Å². The molecule has 2 aromatic carbocycles. The Kier molecular flexibility index (Phi) is 5.12. The molecular weight excluding hydrogens is 280 g/mol. The molecule has 0 aliphatic rings. The SMILES string of the molecule is C[C@@H](NC(=O)CC[C@H](N)C(=O)O)c1cccc2ccccc12. The maximum Gasteiger partial charge on any atom is 0.320 e. The van der Waals surface area contributed by atoms with Crippen LogP contribution in [-0.4, -0.2) is 23.0 Å². The highest BCUT2D eigenvalue weighted by molar-refractivity contribution is 5.87. The van der Waals surface area contributed by atoms with Crippen molar-refractivity contribution < 1.29 is 14.7 Å². The van der Waals surface area contributed by atoms with E-state index in [4.69, 9.17) is 10.8 Å². The van der Waals surface area contributed by atoms with E-state index in [-0.39, 0.29) is 24.8 Å². The zero-order valence-electron chi connectivity index (χ0n) is 12.5. The van der Waals surface area contributed by atoms with Gasteiger partial charge in [0.1, 0.15) is 6.04 Å². The van der Waals surface area contributed by atoms with Crippen molar-refractivity contribution in [2.24, 2.45) is 5.73 Å². The second-order valence-electron chi connectivity index (χ2n) is 5.34. The number of nitrogens with two attached hydrogens (primary N) is 1. The summed E-state index contributed by atoms with van der Waals surface area (Å²) in [5, 5.41) is 13.8. The number of nitrogens with one attached hydrogen (secondary N) is 1. The maximum absolute atomic E-state index is 11.9. The summed E-state index contributed by atoms with van der Waals surface area (Å²) in [4.78, 5) is 22.6. The molecule has 2 rings (SSSR count). The zero-order chi connectivity index (χ0) is 16.1. The van der Waals surface area contributed by atoms with Crippen LogP contribution in [0, 0.1) is 0 Å². The minimum absolute atomic E-state index is 0.0998. The minimum Gasteiger partial charge on any atom is -0.480 e. The Hall–Kier alpha value is -2.40. The molecule has 0 aromatic heterocycles. The lowest BCUT2D eigenvalue weighted by Crippen LogP contribution is -2.33. The number of hydrogen-bond acceptors (Lipinski definition) is 3. The van der Waals surface area contributed by atoms with Gasteiger partial charge in [-0.3, -0.25) is 9.59 Å². The van der Waals surface area contributed by atoms with Gasteiger partial charge in [-0.15, -0.1) is 0 Å². The third-order valence-electron chi connectivity index (χ3n) is 3.67. The third-order valence-corrected chi connectivity index (χ3v) is 3.67. The van der Waals surface area contributed by atoms with Crippen molar-refractivity contribution in [3.05, 3.63) is 48.0 Å². The first kappa shape index (κ1) is 16.0. The Morgan fingerprint density at radius 2 is 1.86 bits per heavy atom. The summed E-state index contributed by atoms with van der Waals surface area (Å²) in [6, 6.07) is 12.8. The second-order valence-corrected chi connectivity index (χ2v) is 5.34. The van der Waals surface area contributed by atoms with Crippen LogP contribution in [0.2, 0.25) is 0 Å². The van der Waals surface area contributed by atoms with Crippen LogP contribution in [0.15, 0.2) is 42.5 Å². The highest BCUT2D eigenvalue weighted by Crippen LogP contribution is 2.24. The average Bonchev–Trinajstić information content (AvgIpc) is 2.51. The Balaban J connectivity index is 2.03. The second kappa shape index (κ2) is 7.04. The summed E-state index contributed by atoms with van der Waals surface area (Å²) in [5.41, 5.74) is 6.44. The third kappa shape index (κ3) is 3.83. The topological polar surface area (TPSA) is 92.4 Å². The molecule has 5 nitrogen and oxygen atoms in total. The smallest absolute Gasteiger partial charge is 0.320 e. The van der Waals surface area contributed by atoms with Crippen molar-refractivity contribution in [2.45, 2.75) is 31.8 Å². The van der Waals surface area contributed by atoms with Gasteiger partial charge < -0.3 is 16.2 Å². The van der Waals surface area contributed by atoms with Crippen molar-refractivity contribution >= 4 is 22.6 Å². The number of amides is 1. The van der Waals surface area contributed by atoms with Gasteiger partial charge in [0.2, 0.25) is 5.91 Å². The Bertz CT molecular complexity index is 679. The van der Waals surface area contributed by atoms with E-state index in [1.807, 2.05) is 49.4 Å². The highest BCUT2D eigenvalue weighted by atomic mass is 16.4.